The number of aliphatic imine (C=N–C) groups is 2. The SMILES string of the molecule is COc1cc2c(cc1OCCCOc1cc3c(cc1OC)C(=O)N1C=C(c4ccc(N5CCN(C)CC5)cc4)CC1C=N3)N=CC1CC(c3ccc(NC(=O)[C@H](C)NC(=O)[C@@H](NC(=O)CCOCCOCCOCCOCCOCCOCCOCCOCCNC(=O)CCN4C(=O)C=CC4=O)C(C)C)cc3)=CN1C2=O. The van der Waals surface area contributed by atoms with E-state index in [0.29, 0.717) is 169 Å². The van der Waals surface area contributed by atoms with Gasteiger partial charge in [0.25, 0.3) is 23.6 Å². The number of anilines is 2. The van der Waals surface area contributed by atoms with Crippen molar-refractivity contribution in [3.05, 3.63) is 120 Å². The summed E-state index contributed by atoms with van der Waals surface area (Å²) in [6.45, 7) is 15.7. The van der Waals surface area contributed by atoms with Crippen molar-refractivity contribution >= 4 is 93.6 Å². The molecule has 598 valence electrons. The Bertz CT molecular complexity index is 3970. The lowest BCUT2D eigenvalue weighted by molar-refractivity contribution is -0.137. The van der Waals surface area contributed by atoms with E-state index in [2.05, 4.69) is 62.4 Å². The third-order valence-electron chi connectivity index (χ3n) is 19.0. The number of nitrogens with one attached hydrogen (secondary N) is 4. The number of amides is 8. The van der Waals surface area contributed by atoms with Crippen molar-refractivity contribution in [3.8, 4) is 23.0 Å². The van der Waals surface area contributed by atoms with Gasteiger partial charge >= 0.3 is 0 Å². The molecule has 31 nitrogen and oxygen atoms in total. The van der Waals surface area contributed by atoms with E-state index < -0.39 is 35.7 Å². The Labute approximate surface area is 646 Å². The number of hydrogen-bond acceptors (Lipinski definition) is 24. The Morgan fingerprint density at radius 1 is 0.505 bits per heavy atom. The Hall–Kier alpha value is -9.96. The van der Waals surface area contributed by atoms with Crippen LogP contribution in [0, 0.1) is 5.92 Å². The Balaban J connectivity index is 0.543. The minimum absolute atomic E-state index is 0.0120. The minimum atomic E-state index is -0.944. The van der Waals surface area contributed by atoms with Crippen molar-refractivity contribution in [2.75, 3.05) is 190 Å². The Kier molecular flexibility index (Phi) is 32.4. The fraction of sp³-hybridized carbons (Fsp3) is 0.500. The minimum Gasteiger partial charge on any atom is -0.493 e. The van der Waals surface area contributed by atoms with Gasteiger partial charge in [-0.1, -0.05) is 38.1 Å². The molecule has 0 aromatic heterocycles. The Morgan fingerprint density at radius 3 is 1.41 bits per heavy atom. The summed E-state index contributed by atoms with van der Waals surface area (Å²) in [6, 6.07) is 20.1. The lowest BCUT2D eigenvalue weighted by Gasteiger charge is -2.34. The standard InChI is InChI=1S/C80H103N11O20/c1-54(2)76(86-73(93)19-28-102-30-32-104-34-36-106-38-40-108-42-43-109-41-39-107-37-35-105-33-31-103-29-20-81-72(92)18-21-89-74(94)16-17-75(89)95)78(97)84-55(3)77(96)85-60-12-8-56(9-13-60)58-44-62-50-82-66-48-70(68(100-5)46-64(66)79(98)90(62)52-58)110-26-7-27-111-71-49-67-65(47-69(71)101-6)80(99)91-53-59(45-63(91)51-83-67)57-10-14-61(15-11-57)88-24-22-87(4)23-25-88/h8-17,46-55,62-63,76H,7,18-45H2,1-6H3,(H,81,92)(H,84,97)(H,85,96)(H,86,93)/t55-,62?,63?,76-/m0/s1. The smallest absolute Gasteiger partial charge is 0.260 e. The second-order valence-electron chi connectivity index (χ2n) is 27.3. The van der Waals surface area contributed by atoms with E-state index in [0.717, 1.165) is 53.4 Å². The molecule has 111 heavy (non-hydrogen) atoms. The average Bonchev–Trinajstić information content (AvgIpc) is 1.64. The summed E-state index contributed by atoms with van der Waals surface area (Å²) < 4.78 is 68.0. The first-order valence-electron chi connectivity index (χ1n) is 37.8. The summed E-state index contributed by atoms with van der Waals surface area (Å²) in [4.78, 5) is 122. The van der Waals surface area contributed by atoms with E-state index in [1.165, 1.54) is 32.1 Å². The summed E-state index contributed by atoms with van der Waals surface area (Å²) in [6.07, 6.45) is 11.3. The van der Waals surface area contributed by atoms with E-state index in [9.17, 15) is 38.4 Å². The van der Waals surface area contributed by atoms with Gasteiger partial charge in [-0.3, -0.25) is 53.2 Å². The Morgan fingerprint density at radius 2 is 0.955 bits per heavy atom. The van der Waals surface area contributed by atoms with Crippen molar-refractivity contribution < 1.29 is 95.2 Å². The topological polar surface area (TPSA) is 336 Å². The molecule has 2 unspecified atom stereocenters. The van der Waals surface area contributed by atoms with E-state index in [1.54, 1.807) is 73.2 Å². The summed E-state index contributed by atoms with van der Waals surface area (Å²) in [7, 11) is 5.20. The van der Waals surface area contributed by atoms with Crippen LogP contribution in [0.3, 0.4) is 0 Å². The maximum absolute atomic E-state index is 14.2. The van der Waals surface area contributed by atoms with Gasteiger partial charge in [0.2, 0.25) is 23.6 Å². The zero-order valence-corrected chi connectivity index (χ0v) is 64.1. The molecule has 0 radical (unpaired) electrons. The monoisotopic (exact) mass is 1540 g/mol. The number of fused-ring (bicyclic) bond motifs is 4. The van der Waals surface area contributed by atoms with Gasteiger partial charge in [0.05, 0.1) is 168 Å². The molecule has 6 aliphatic rings. The van der Waals surface area contributed by atoms with Gasteiger partial charge in [-0.15, -0.1) is 0 Å². The maximum Gasteiger partial charge on any atom is 0.260 e. The number of ether oxygens (including phenoxy) is 12. The van der Waals surface area contributed by atoms with Crippen LogP contribution in [0.2, 0.25) is 0 Å². The van der Waals surface area contributed by atoms with E-state index in [1.807, 2.05) is 30.7 Å². The highest BCUT2D eigenvalue weighted by atomic mass is 16.6. The number of rotatable bonds is 47. The van der Waals surface area contributed by atoms with Crippen LogP contribution in [0.1, 0.15) is 84.7 Å². The number of carbonyl (C=O) groups is 8. The molecule has 31 heteroatoms. The number of benzene rings is 4. The fourth-order valence-electron chi connectivity index (χ4n) is 12.7. The van der Waals surface area contributed by atoms with Crippen molar-refractivity contribution in [2.24, 2.45) is 15.9 Å². The van der Waals surface area contributed by atoms with Crippen molar-refractivity contribution in [1.82, 2.24) is 35.6 Å². The third kappa shape index (κ3) is 24.5. The molecule has 1 saturated heterocycles. The molecule has 4 atom stereocenters. The van der Waals surface area contributed by atoms with E-state index >= 15 is 0 Å². The number of methoxy groups -OCH3 is 2. The highest BCUT2D eigenvalue weighted by Crippen LogP contribution is 2.42. The molecule has 0 aliphatic carbocycles. The molecule has 0 spiro atoms. The maximum atomic E-state index is 14.2. The van der Waals surface area contributed by atoms with Crippen LogP contribution < -0.4 is 45.1 Å². The van der Waals surface area contributed by atoms with Gasteiger partial charge in [0.15, 0.2) is 23.0 Å². The zero-order valence-electron chi connectivity index (χ0n) is 64.1. The van der Waals surface area contributed by atoms with Crippen LogP contribution in [0.4, 0.5) is 22.7 Å². The van der Waals surface area contributed by atoms with E-state index in [4.69, 9.17) is 66.8 Å². The summed E-state index contributed by atoms with van der Waals surface area (Å²) in [5.41, 5.74) is 7.28. The number of likely N-dealkylation sites (N-methyl/N-ethyl adjacent to an activating group) is 1. The third-order valence-corrected chi connectivity index (χ3v) is 19.0. The van der Waals surface area contributed by atoms with Crippen LogP contribution in [-0.4, -0.2) is 283 Å². The number of hydrogen-bond donors (Lipinski definition) is 4. The highest BCUT2D eigenvalue weighted by Gasteiger charge is 2.36. The fourth-order valence-corrected chi connectivity index (χ4v) is 12.7. The van der Waals surface area contributed by atoms with Crippen molar-refractivity contribution in [3.63, 3.8) is 0 Å². The molecule has 8 amide bonds. The quantitative estimate of drug-likeness (QED) is 0.0300. The van der Waals surface area contributed by atoms with Crippen molar-refractivity contribution in [1.29, 1.82) is 0 Å². The van der Waals surface area contributed by atoms with Crippen LogP contribution in [-0.2, 0) is 66.7 Å². The second kappa shape index (κ2) is 43.0. The molecule has 4 aromatic rings. The van der Waals surface area contributed by atoms with Crippen LogP contribution >= 0.6 is 0 Å². The first-order valence-corrected chi connectivity index (χ1v) is 37.8. The first-order chi connectivity index (χ1) is 53.9. The van der Waals surface area contributed by atoms with Gasteiger partial charge in [0, 0.05) is 132 Å². The number of nitrogens with zero attached hydrogens (tertiary/aromatic N) is 7. The predicted octanol–water partition coefficient (Wildman–Crippen LogP) is 5.78. The van der Waals surface area contributed by atoms with Gasteiger partial charge in [-0.25, -0.2) is 0 Å². The molecule has 0 saturated carbocycles. The number of imide groups is 1. The summed E-state index contributed by atoms with van der Waals surface area (Å²) in [5.74, 6) is -1.54. The lowest BCUT2D eigenvalue weighted by Crippen LogP contribution is -2.53. The van der Waals surface area contributed by atoms with Gasteiger partial charge in [-0.2, -0.15) is 0 Å². The molecule has 6 aliphatic heterocycles. The van der Waals surface area contributed by atoms with Gasteiger partial charge < -0.3 is 97.7 Å². The first kappa shape index (κ1) is 83.5. The molecular formula is C80H103N11O20. The molecule has 0 bridgehead atoms. The largest absolute Gasteiger partial charge is 0.493 e. The summed E-state index contributed by atoms with van der Waals surface area (Å²) >= 11 is 0. The van der Waals surface area contributed by atoms with Crippen LogP contribution in [0.5, 0.6) is 23.0 Å². The molecule has 6 heterocycles. The molecular weight excluding hydrogens is 1430 g/mol. The van der Waals surface area contributed by atoms with Gasteiger partial charge in [0.1, 0.15) is 12.1 Å². The molecule has 4 aromatic carbocycles. The average molecular weight is 1540 g/mol. The molecule has 10 rings (SSSR count). The predicted molar refractivity (Wildman–Crippen MR) is 413 cm³/mol. The zero-order chi connectivity index (χ0) is 78.4. The summed E-state index contributed by atoms with van der Waals surface area (Å²) in [5, 5.41) is 11.0. The molecule has 4 N–H and O–H groups in total. The molecule has 1 fully saturated rings. The van der Waals surface area contributed by atoms with Crippen molar-refractivity contribution in [2.45, 2.75) is 77.0 Å². The van der Waals surface area contributed by atoms with E-state index in [-0.39, 0.29) is 87.4 Å². The van der Waals surface area contributed by atoms with Crippen LogP contribution in [0.15, 0.2) is 107 Å². The van der Waals surface area contributed by atoms with Gasteiger partial charge in [-0.05, 0) is 78.6 Å². The van der Waals surface area contributed by atoms with Crippen LogP contribution in [0.25, 0.3) is 11.1 Å². The highest BCUT2D eigenvalue weighted by molar-refractivity contribution is 6.13. The number of carbonyl (C=O) groups excluding carboxylic acids is 8. The second-order valence-corrected chi connectivity index (χ2v) is 27.3. The normalized spacial score (nSPS) is 17.0. The number of piperazine rings is 1. The lowest BCUT2D eigenvalue weighted by atomic mass is 10.0.